The van der Waals surface area contributed by atoms with E-state index >= 15 is 0 Å². The molecule has 0 unspecified atom stereocenters. The standard InChI is InChI=1S/C21H17ClFN3OS/c1-13-19(12-28-21-25-17-7-4-15(22)10-18(17)26-21)24-9-8-20(13)27-11-14-2-5-16(23)6-3-14/h2-10H,11-12H2,1H3,(H,25,26). The lowest BCUT2D eigenvalue weighted by Gasteiger charge is -2.11. The Morgan fingerprint density at radius 3 is 2.79 bits per heavy atom. The molecule has 0 spiro atoms. The summed E-state index contributed by atoms with van der Waals surface area (Å²) >= 11 is 7.59. The van der Waals surface area contributed by atoms with Crippen LogP contribution in [0.4, 0.5) is 4.39 Å². The zero-order valence-electron chi connectivity index (χ0n) is 15.1. The molecule has 0 aliphatic carbocycles. The maximum absolute atomic E-state index is 13.0. The number of halogens is 2. The number of hydrogen-bond donors (Lipinski definition) is 1. The van der Waals surface area contributed by atoms with Crippen molar-refractivity contribution in [3.63, 3.8) is 0 Å². The number of rotatable bonds is 6. The second kappa shape index (κ2) is 8.20. The van der Waals surface area contributed by atoms with Gasteiger partial charge in [0.1, 0.15) is 18.2 Å². The van der Waals surface area contributed by atoms with Crippen LogP contribution in [0, 0.1) is 12.7 Å². The molecular formula is C21H17ClFN3OS. The number of benzene rings is 2. The number of ether oxygens (including phenoxy) is 1. The van der Waals surface area contributed by atoms with E-state index in [0.29, 0.717) is 17.4 Å². The van der Waals surface area contributed by atoms with E-state index < -0.39 is 0 Å². The maximum Gasteiger partial charge on any atom is 0.166 e. The zero-order chi connectivity index (χ0) is 19.5. The summed E-state index contributed by atoms with van der Waals surface area (Å²) in [6, 6.07) is 13.7. The first kappa shape index (κ1) is 18.8. The zero-order valence-corrected chi connectivity index (χ0v) is 16.6. The van der Waals surface area contributed by atoms with Gasteiger partial charge in [0.15, 0.2) is 5.16 Å². The lowest BCUT2D eigenvalue weighted by molar-refractivity contribution is 0.303. The van der Waals surface area contributed by atoms with Gasteiger partial charge in [-0.1, -0.05) is 35.5 Å². The van der Waals surface area contributed by atoms with Gasteiger partial charge in [0.25, 0.3) is 0 Å². The van der Waals surface area contributed by atoms with E-state index in [1.165, 1.54) is 12.1 Å². The number of thioether (sulfide) groups is 1. The van der Waals surface area contributed by atoms with Crippen LogP contribution in [0.2, 0.25) is 5.02 Å². The van der Waals surface area contributed by atoms with Crippen LogP contribution in [0.25, 0.3) is 11.0 Å². The van der Waals surface area contributed by atoms with Crippen molar-refractivity contribution < 1.29 is 9.13 Å². The molecule has 0 radical (unpaired) electrons. The van der Waals surface area contributed by atoms with Gasteiger partial charge in [0.05, 0.1) is 16.7 Å². The molecule has 7 heteroatoms. The Hall–Kier alpha value is -2.57. The molecule has 0 saturated heterocycles. The fourth-order valence-electron chi connectivity index (χ4n) is 2.76. The highest BCUT2D eigenvalue weighted by Gasteiger charge is 2.10. The number of H-pyrrole nitrogens is 1. The Labute approximate surface area is 171 Å². The fraction of sp³-hybridized carbons (Fsp3) is 0.143. The summed E-state index contributed by atoms with van der Waals surface area (Å²) in [5, 5.41) is 1.48. The van der Waals surface area contributed by atoms with Crippen LogP contribution in [0.3, 0.4) is 0 Å². The Morgan fingerprint density at radius 2 is 1.96 bits per heavy atom. The first-order chi connectivity index (χ1) is 13.6. The lowest BCUT2D eigenvalue weighted by Crippen LogP contribution is -2.00. The van der Waals surface area contributed by atoms with Gasteiger partial charge in [-0.05, 0) is 48.9 Å². The third-order valence-corrected chi connectivity index (χ3v) is 5.45. The summed E-state index contributed by atoms with van der Waals surface area (Å²) in [6.45, 7) is 2.36. The van der Waals surface area contributed by atoms with Gasteiger partial charge in [0, 0.05) is 22.5 Å². The van der Waals surface area contributed by atoms with Gasteiger partial charge in [-0.25, -0.2) is 9.37 Å². The number of imidazole rings is 1. The van der Waals surface area contributed by atoms with Gasteiger partial charge < -0.3 is 9.72 Å². The van der Waals surface area contributed by atoms with Crippen LogP contribution in [0.1, 0.15) is 16.8 Å². The first-order valence-corrected chi connectivity index (χ1v) is 10.0. The molecule has 1 N–H and O–H groups in total. The van der Waals surface area contributed by atoms with Crippen LogP contribution < -0.4 is 4.74 Å². The Morgan fingerprint density at radius 1 is 1.14 bits per heavy atom. The largest absolute Gasteiger partial charge is 0.489 e. The second-order valence-electron chi connectivity index (χ2n) is 6.29. The average Bonchev–Trinajstić information content (AvgIpc) is 3.09. The van der Waals surface area contributed by atoms with Gasteiger partial charge in [0.2, 0.25) is 0 Å². The summed E-state index contributed by atoms with van der Waals surface area (Å²) in [5.41, 5.74) is 4.62. The van der Waals surface area contributed by atoms with Gasteiger partial charge >= 0.3 is 0 Å². The van der Waals surface area contributed by atoms with E-state index in [-0.39, 0.29) is 5.82 Å². The smallest absolute Gasteiger partial charge is 0.166 e. The molecule has 4 aromatic rings. The van der Waals surface area contributed by atoms with Gasteiger partial charge in [-0.15, -0.1) is 0 Å². The van der Waals surface area contributed by atoms with Crippen molar-refractivity contribution in [2.45, 2.75) is 24.4 Å². The first-order valence-electron chi connectivity index (χ1n) is 8.68. The highest BCUT2D eigenvalue weighted by Crippen LogP contribution is 2.28. The summed E-state index contributed by atoms with van der Waals surface area (Å²) < 4.78 is 18.9. The number of aromatic nitrogens is 3. The molecular weight excluding hydrogens is 397 g/mol. The van der Waals surface area contributed by atoms with E-state index in [0.717, 1.165) is 38.8 Å². The molecule has 0 saturated carbocycles. The van der Waals surface area contributed by atoms with E-state index in [9.17, 15) is 4.39 Å². The minimum Gasteiger partial charge on any atom is -0.489 e. The minimum absolute atomic E-state index is 0.254. The van der Waals surface area contributed by atoms with Crippen molar-refractivity contribution in [2.75, 3.05) is 0 Å². The molecule has 0 fully saturated rings. The van der Waals surface area contributed by atoms with E-state index in [2.05, 4.69) is 15.0 Å². The second-order valence-corrected chi connectivity index (χ2v) is 7.69. The molecule has 28 heavy (non-hydrogen) atoms. The number of hydrogen-bond acceptors (Lipinski definition) is 4. The van der Waals surface area contributed by atoms with Crippen LogP contribution in [-0.2, 0) is 12.4 Å². The minimum atomic E-state index is -0.254. The predicted octanol–water partition coefficient (Wildman–Crippen LogP) is 5.93. The van der Waals surface area contributed by atoms with Crippen LogP contribution in [0.15, 0.2) is 59.9 Å². The number of pyridine rings is 1. The highest BCUT2D eigenvalue weighted by molar-refractivity contribution is 7.98. The topological polar surface area (TPSA) is 50.8 Å². The molecule has 4 rings (SSSR count). The van der Waals surface area contributed by atoms with Gasteiger partial charge in [-0.2, -0.15) is 0 Å². The molecule has 2 aromatic carbocycles. The third kappa shape index (κ3) is 4.29. The summed E-state index contributed by atoms with van der Waals surface area (Å²) in [6.07, 6.45) is 1.74. The molecule has 0 amide bonds. The van der Waals surface area contributed by atoms with Crippen LogP contribution in [0.5, 0.6) is 5.75 Å². The van der Waals surface area contributed by atoms with E-state index in [1.54, 1.807) is 30.1 Å². The third-order valence-electron chi connectivity index (χ3n) is 4.34. The quantitative estimate of drug-likeness (QED) is 0.398. The number of aromatic amines is 1. The van der Waals surface area contributed by atoms with Crippen LogP contribution >= 0.6 is 23.4 Å². The lowest BCUT2D eigenvalue weighted by atomic mass is 10.2. The maximum atomic E-state index is 13.0. The van der Waals surface area contributed by atoms with Crippen molar-refractivity contribution in [1.29, 1.82) is 0 Å². The summed E-state index contributed by atoms with van der Waals surface area (Å²) in [7, 11) is 0. The Balaban J connectivity index is 1.44. The molecule has 0 aliphatic rings. The normalized spacial score (nSPS) is 11.1. The van der Waals surface area contributed by atoms with E-state index in [1.807, 2.05) is 31.2 Å². The van der Waals surface area contributed by atoms with Crippen LogP contribution in [-0.4, -0.2) is 15.0 Å². The summed E-state index contributed by atoms with van der Waals surface area (Å²) in [4.78, 5) is 12.3. The number of nitrogens with zero attached hydrogens (tertiary/aromatic N) is 2. The molecule has 142 valence electrons. The van der Waals surface area contributed by atoms with E-state index in [4.69, 9.17) is 16.3 Å². The molecule has 4 nitrogen and oxygen atoms in total. The fourth-order valence-corrected chi connectivity index (χ4v) is 3.84. The molecule has 0 atom stereocenters. The van der Waals surface area contributed by atoms with Gasteiger partial charge in [-0.3, -0.25) is 4.98 Å². The average molecular weight is 414 g/mol. The molecule has 2 heterocycles. The summed E-state index contributed by atoms with van der Waals surface area (Å²) in [5.74, 6) is 1.18. The van der Waals surface area contributed by atoms with Crippen molar-refractivity contribution in [3.05, 3.63) is 82.4 Å². The highest BCUT2D eigenvalue weighted by atomic mass is 35.5. The van der Waals surface area contributed by atoms with Crippen molar-refractivity contribution in [1.82, 2.24) is 15.0 Å². The Kier molecular flexibility index (Phi) is 5.50. The monoisotopic (exact) mass is 413 g/mol. The number of nitrogens with one attached hydrogen (secondary N) is 1. The van der Waals surface area contributed by atoms with Crippen molar-refractivity contribution >= 4 is 34.4 Å². The molecule has 2 aromatic heterocycles. The SMILES string of the molecule is Cc1c(OCc2ccc(F)cc2)ccnc1CSc1nc2cc(Cl)ccc2[nH]1. The predicted molar refractivity (Wildman–Crippen MR) is 110 cm³/mol. The molecule has 0 bridgehead atoms. The van der Waals surface area contributed by atoms with Crippen molar-refractivity contribution in [3.8, 4) is 5.75 Å². The number of fused-ring (bicyclic) bond motifs is 1. The Bertz CT molecular complexity index is 1110. The molecule has 0 aliphatic heterocycles. The van der Waals surface area contributed by atoms with Crippen molar-refractivity contribution in [2.24, 2.45) is 0 Å².